The van der Waals surface area contributed by atoms with Gasteiger partial charge in [0.2, 0.25) is 0 Å². The summed E-state index contributed by atoms with van der Waals surface area (Å²) in [5, 5.41) is 8.54. The quantitative estimate of drug-likeness (QED) is 0.468. The van der Waals surface area contributed by atoms with Crippen LogP contribution in [0.4, 0.5) is 23.8 Å². The molecule has 1 saturated carbocycles. The number of nitrogen functional groups attached to an aromatic ring is 1. The number of rotatable bonds is 4. The van der Waals surface area contributed by atoms with E-state index in [9.17, 15) is 18.0 Å². The topological polar surface area (TPSA) is 98.3 Å². The number of nitrogens with one attached hydrogen (secondary N) is 1. The van der Waals surface area contributed by atoms with Crippen LogP contribution >= 0.6 is 11.6 Å². The van der Waals surface area contributed by atoms with Crippen LogP contribution in [0.1, 0.15) is 43.4 Å². The third kappa shape index (κ3) is 4.22. The Hall–Kier alpha value is -3.47. The van der Waals surface area contributed by atoms with E-state index in [1.165, 1.54) is 12.3 Å². The molecule has 12 heteroatoms. The lowest BCUT2D eigenvalue weighted by molar-refractivity contribution is -0.274. The Balaban J connectivity index is 1.21. The summed E-state index contributed by atoms with van der Waals surface area (Å²) in [6.07, 6.45) is 0.800. The van der Waals surface area contributed by atoms with Crippen LogP contribution in [0.25, 0.3) is 11.3 Å². The van der Waals surface area contributed by atoms with E-state index in [2.05, 4.69) is 20.1 Å². The van der Waals surface area contributed by atoms with E-state index in [0.29, 0.717) is 35.9 Å². The van der Waals surface area contributed by atoms with Gasteiger partial charge in [-0.3, -0.25) is 4.68 Å². The summed E-state index contributed by atoms with van der Waals surface area (Å²) in [6, 6.07) is 10.6. The fourth-order valence-corrected chi connectivity index (χ4v) is 6.31. The second kappa shape index (κ2) is 8.79. The molecule has 200 valence electrons. The van der Waals surface area contributed by atoms with Gasteiger partial charge in [0.1, 0.15) is 0 Å². The number of likely N-dealkylation sites (tertiary alicyclic amines) is 1. The number of halogens is 4. The second-order valence-corrected chi connectivity index (χ2v) is 10.7. The van der Waals surface area contributed by atoms with Crippen molar-refractivity contribution >= 4 is 23.4 Å². The van der Waals surface area contributed by atoms with E-state index in [1.807, 2.05) is 39.9 Å². The van der Waals surface area contributed by atoms with E-state index in [0.717, 1.165) is 43.4 Å². The van der Waals surface area contributed by atoms with Crippen LogP contribution in [0.15, 0.2) is 42.6 Å². The number of carbonyl (C=O) groups excluding carboxylic acids is 1. The first-order valence-electron chi connectivity index (χ1n) is 12.5. The highest BCUT2D eigenvalue weighted by Crippen LogP contribution is 2.46. The molecule has 3 aliphatic rings. The molecule has 1 saturated heterocycles. The van der Waals surface area contributed by atoms with Crippen LogP contribution in [-0.2, 0) is 17.5 Å². The Morgan fingerprint density at radius 3 is 2.61 bits per heavy atom. The van der Waals surface area contributed by atoms with Crippen LogP contribution < -0.4 is 15.8 Å². The van der Waals surface area contributed by atoms with Crippen molar-refractivity contribution in [3.05, 3.63) is 58.9 Å². The number of nitrogens with zero attached hydrogens (tertiary/aromatic N) is 4. The zero-order valence-electron chi connectivity index (χ0n) is 20.4. The molecule has 3 N–H and O–H groups in total. The number of carbonyl (C=O) groups is 1. The van der Waals surface area contributed by atoms with E-state index in [-0.39, 0.29) is 17.3 Å². The van der Waals surface area contributed by atoms with Crippen LogP contribution in [0, 0.1) is 0 Å². The average Bonchev–Trinajstić information content (AvgIpc) is 3.54. The van der Waals surface area contributed by atoms with Gasteiger partial charge in [-0.25, -0.2) is 9.78 Å². The third-order valence-electron chi connectivity index (χ3n) is 8.11. The minimum atomic E-state index is -4.88. The number of hydrogen-bond acceptors (Lipinski definition) is 5. The number of aryl methyl sites for hydroxylation is 1. The molecule has 2 aliphatic heterocycles. The van der Waals surface area contributed by atoms with Gasteiger partial charge in [-0.2, -0.15) is 5.10 Å². The summed E-state index contributed by atoms with van der Waals surface area (Å²) in [5.41, 5.74) is 7.61. The molecule has 2 fully saturated rings. The van der Waals surface area contributed by atoms with Gasteiger partial charge in [0.25, 0.3) is 0 Å². The molecular formula is C26H26ClF3N6O2. The smallest absolute Gasteiger partial charge is 0.402 e. The van der Waals surface area contributed by atoms with Gasteiger partial charge < -0.3 is 20.7 Å². The summed E-state index contributed by atoms with van der Waals surface area (Å²) in [7, 11) is 0. The van der Waals surface area contributed by atoms with Gasteiger partial charge >= 0.3 is 12.4 Å². The number of alkyl halides is 3. The molecule has 1 aromatic carbocycles. The summed E-state index contributed by atoms with van der Waals surface area (Å²) in [5.74, 6) is -0.919. The highest BCUT2D eigenvalue weighted by atomic mass is 35.5. The molecule has 0 radical (unpaired) electrons. The number of nitrogens with two attached hydrogens (primary N) is 1. The molecule has 6 rings (SSSR count). The van der Waals surface area contributed by atoms with E-state index in [1.54, 1.807) is 0 Å². The average molecular weight is 547 g/mol. The number of pyridine rings is 1. The third-order valence-corrected chi connectivity index (χ3v) is 8.44. The number of aromatic nitrogens is 3. The van der Waals surface area contributed by atoms with E-state index >= 15 is 0 Å². The second-order valence-electron chi connectivity index (χ2n) is 10.3. The fraction of sp³-hybridized carbons (Fsp3) is 0.423. The largest absolute Gasteiger partial charge is 0.573 e. The maximum absolute atomic E-state index is 13.4. The molecule has 1 aliphatic carbocycles. The van der Waals surface area contributed by atoms with Crippen molar-refractivity contribution < 1.29 is 22.7 Å². The van der Waals surface area contributed by atoms with Crippen LogP contribution in [0.5, 0.6) is 5.75 Å². The fourth-order valence-electron chi connectivity index (χ4n) is 5.99. The molecule has 8 nitrogen and oxygen atoms in total. The SMILES string of the molecule is Nc1ncc(-c2cc3n(n2)CC[C@@]32CCN(C(=O)NC3(c4ccccc4Cl)CCC3)C2)cc1OC(F)(F)F. The van der Waals surface area contributed by atoms with Gasteiger partial charge in [0.15, 0.2) is 11.6 Å². The van der Waals surface area contributed by atoms with Crippen molar-refractivity contribution in [1.29, 1.82) is 0 Å². The zero-order chi connectivity index (χ0) is 26.7. The molecule has 0 unspecified atom stereocenters. The number of urea groups is 1. The standard InChI is InChI=1S/C26H26ClF3N6O2/c27-18-5-2-1-4-17(18)25(6-3-7-25)33-23(37)35-10-8-24(15-35)9-11-36-21(24)13-19(34-36)16-12-20(22(31)32-14-16)38-26(28,29)30/h1-2,4-5,12-14H,3,6-11,15H2,(H2,31,32)(H,33,37)/t24-/m1/s1. The van der Waals surface area contributed by atoms with Crippen LogP contribution in [0.2, 0.25) is 5.02 Å². The van der Waals surface area contributed by atoms with E-state index in [4.69, 9.17) is 17.3 Å². The van der Waals surface area contributed by atoms with Crippen LogP contribution in [0.3, 0.4) is 0 Å². The Kier molecular flexibility index (Phi) is 5.75. The lowest BCUT2D eigenvalue weighted by Crippen LogP contribution is -2.55. The predicted molar refractivity (Wildman–Crippen MR) is 135 cm³/mol. The van der Waals surface area contributed by atoms with Gasteiger partial charge in [-0.05, 0) is 55.9 Å². The first-order chi connectivity index (χ1) is 18.1. The Morgan fingerprint density at radius 1 is 1.13 bits per heavy atom. The lowest BCUT2D eigenvalue weighted by Gasteiger charge is -2.44. The number of anilines is 1. The highest BCUT2D eigenvalue weighted by Gasteiger charge is 2.49. The maximum Gasteiger partial charge on any atom is 0.573 e. The van der Waals surface area contributed by atoms with Crippen LogP contribution in [-0.4, -0.2) is 45.1 Å². The predicted octanol–water partition coefficient (Wildman–Crippen LogP) is 5.22. The van der Waals surface area contributed by atoms with Gasteiger partial charge in [0.05, 0.1) is 11.2 Å². The number of benzene rings is 1. The summed E-state index contributed by atoms with van der Waals surface area (Å²) < 4.78 is 44.2. The zero-order valence-corrected chi connectivity index (χ0v) is 21.1. The molecule has 1 spiro atoms. The van der Waals surface area contributed by atoms with Gasteiger partial charge in [0, 0.05) is 47.5 Å². The molecule has 0 bridgehead atoms. The Labute approximate surface area is 221 Å². The summed E-state index contributed by atoms with van der Waals surface area (Å²) >= 11 is 6.47. The number of hydrogen-bond donors (Lipinski definition) is 2. The first kappa shape index (κ1) is 24.8. The highest BCUT2D eigenvalue weighted by molar-refractivity contribution is 6.31. The summed E-state index contributed by atoms with van der Waals surface area (Å²) in [6.45, 7) is 1.78. The molecule has 2 aromatic heterocycles. The van der Waals surface area contributed by atoms with Crippen molar-refractivity contribution in [3.63, 3.8) is 0 Å². The van der Waals surface area contributed by atoms with Crippen molar-refractivity contribution in [3.8, 4) is 17.0 Å². The molecule has 4 heterocycles. The van der Waals surface area contributed by atoms with Gasteiger partial charge in [-0.1, -0.05) is 29.8 Å². The molecular weight excluding hydrogens is 521 g/mol. The van der Waals surface area contributed by atoms with Crippen molar-refractivity contribution in [1.82, 2.24) is 25.0 Å². The lowest BCUT2D eigenvalue weighted by atomic mass is 9.72. The molecule has 1 atom stereocenters. The Bertz CT molecular complexity index is 1410. The van der Waals surface area contributed by atoms with Gasteiger partial charge in [-0.15, -0.1) is 13.2 Å². The van der Waals surface area contributed by atoms with Crippen molar-refractivity contribution in [2.75, 3.05) is 18.8 Å². The van der Waals surface area contributed by atoms with Crippen molar-refractivity contribution in [2.24, 2.45) is 0 Å². The minimum Gasteiger partial charge on any atom is -0.402 e. The molecule has 38 heavy (non-hydrogen) atoms. The maximum atomic E-state index is 13.4. The molecule has 2 amide bonds. The first-order valence-corrected chi connectivity index (χ1v) is 12.9. The summed E-state index contributed by atoms with van der Waals surface area (Å²) in [4.78, 5) is 19.1. The Morgan fingerprint density at radius 2 is 1.89 bits per heavy atom. The van der Waals surface area contributed by atoms with Crippen molar-refractivity contribution in [2.45, 2.75) is 56.0 Å². The molecule has 3 aromatic rings. The monoisotopic (exact) mass is 546 g/mol. The normalized spacial score (nSPS) is 21.8. The number of ether oxygens (including phenoxy) is 1. The number of fused-ring (bicyclic) bond motifs is 2. The number of amides is 2. The minimum absolute atomic E-state index is 0.114. The van der Waals surface area contributed by atoms with E-state index < -0.39 is 17.7 Å².